The molecule has 1 aliphatic heterocycles. The summed E-state index contributed by atoms with van der Waals surface area (Å²) in [5.74, 6) is -1.04. The van der Waals surface area contributed by atoms with Crippen molar-refractivity contribution < 1.29 is 63.2 Å². The number of alkyl halides is 3. The van der Waals surface area contributed by atoms with Gasteiger partial charge in [-0.05, 0) is 13.8 Å². The van der Waals surface area contributed by atoms with Crippen LogP contribution in [0.4, 0.5) is 17.6 Å². The predicted molar refractivity (Wildman–Crippen MR) is 135 cm³/mol. The van der Waals surface area contributed by atoms with Crippen molar-refractivity contribution in [2.45, 2.75) is 45.1 Å². The van der Waals surface area contributed by atoms with Gasteiger partial charge >= 0.3 is 202 Å². The van der Waals surface area contributed by atoms with E-state index in [2.05, 4.69) is 0 Å². The fourth-order valence-corrected chi connectivity index (χ4v) is 6.77. The monoisotopic (exact) mass is 669 g/mol. The Morgan fingerprint density at radius 1 is 1.10 bits per heavy atom. The average Bonchev–Trinajstić information content (AvgIpc) is 3.53. The van der Waals surface area contributed by atoms with Gasteiger partial charge in [0.25, 0.3) is 0 Å². The Morgan fingerprint density at radius 3 is 2.48 bits per heavy atom. The molecule has 0 spiro atoms. The van der Waals surface area contributed by atoms with Crippen molar-refractivity contribution in [2.75, 3.05) is 6.61 Å². The van der Waals surface area contributed by atoms with E-state index in [-0.39, 0.29) is 35.8 Å². The number of aliphatic carboxylic acids is 1. The number of fused-ring (bicyclic) bond motifs is 3. The average molecular weight is 669 g/mol. The van der Waals surface area contributed by atoms with Gasteiger partial charge in [-0.1, -0.05) is 0 Å². The van der Waals surface area contributed by atoms with Gasteiger partial charge in [-0.15, -0.1) is 0 Å². The van der Waals surface area contributed by atoms with Crippen molar-refractivity contribution in [3.05, 3.63) is 95.6 Å². The van der Waals surface area contributed by atoms with Gasteiger partial charge < -0.3 is 5.11 Å². The molecule has 0 amide bonds. The number of carbonyl (C=O) groups is 1. The van der Waals surface area contributed by atoms with Crippen molar-refractivity contribution >= 4 is 5.97 Å². The molecular formula is C30H26F4IO5-. The molecule has 212 valence electrons. The van der Waals surface area contributed by atoms with Gasteiger partial charge in [0.15, 0.2) is 0 Å². The topological polar surface area (TPSA) is 76.0 Å². The van der Waals surface area contributed by atoms with E-state index >= 15 is 0 Å². The van der Waals surface area contributed by atoms with E-state index in [4.69, 9.17) is 9.47 Å². The van der Waals surface area contributed by atoms with E-state index in [1.807, 2.05) is 14.2 Å². The molecule has 0 bridgehead atoms. The molecular weight excluding hydrogens is 643 g/mol. The van der Waals surface area contributed by atoms with Crippen LogP contribution in [0.5, 0.6) is 5.75 Å². The normalized spacial score (nSPS) is 18.5. The molecule has 0 radical (unpaired) electrons. The molecule has 1 saturated carbocycles. The summed E-state index contributed by atoms with van der Waals surface area (Å²) in [6, 6.07) is 7.70. The first-order chi connectivity index (χ1) is 18.8. The van der Waals surface area contributed by atoms with Gasteiger partial charge in [0.05, 0.1) is 12.2 Å². The van der Waals surface area contributed by atoms with E-state index in [1.165, 1.54) is 30.3 Å². The van der Waals surface area contributed by atoms with Crippen LogP contribution in [0, 0.1) is 11.7 Å². The zero-order valence-electron chi connectivity index (χ0n) is 21.6. The second-order valence-corrected chi connectivity index (χ2v) is 12.4. The van der Waals surface area contributed by atoms with Crippen molar-refractivity contribution in [2.24, 2.45) is 5.92 Å². The summed E-state index contributed by atoms with van der Waals surface area (Å²) in [7, 11) is 0. The molecule has 5 nitrogen and oxygen atoms in total. The summed E-state index contributed by atoms with van der Waals surface area (Å²) in [6.45, 7) is 3.27. The van der Waals surface area contributed by atoms with Crippen molar-refractivity contribution in [1.82, 2.24) is 0 Å². The minimum atomic E-state index is -4.77. The van der Waals surface area contributed by atoms with Gasteiger partial charge in [-0.3, -0.25) is 0 Å². The molecule has 2 N–H and O–H groups in total. The van der Waals surface area contributed by atoms with Crippen LogP contribution in [0.25, 0.3) is 11.1 Å². The Hall–Kier alpha value is -3.12. The maximum atomic E-state index is 14.9. The number of benzene rings is 2. The second kappa shape index (κ2) is 10.7. The van der Waals surface area contributed by atoms with Crippen LogP contribution >= 0.6 is 0 Å². The number of hydrogen-bond acceptors (Lipinski definition) is 4. The van der Waals surface area contributed by atoms with Crippen LogP contribution in [0.3, 0.4) is 0 Å². The van der Waals surface area contributed by atoms with Crippen molar-refractivity contribution in [1.29, 1.82) is 0 Å². The number of ether oxygens (including phenoxy) is 2. The molecule has 0 unspecified atom stereocenters. The number of carboxylic acid groups (broad SMARTS) is 1. The molecule has 3 aliphatic rings. The van der Waals surface area contributed by atoms with E-state index in [0.717, 1.165) is 16.7 Å². The van der Waals surface area contributed by atoms with Gasteiger partial charge in [0.1, 0.15) is 0 Å². The second-order valence-electron chi connectivity index (χ2n) is 10.4. The van der Waals surface area contributed by atoms with Crippen LogP contribution < -0.4 is 25.9 Å². The summed E-state index contributed by atoms with van der Waals surface area (Å²) in [5, 5.41) is 19.1. The predicted octanol–water partition coefficient (Wildman–Crippen LogP) is 3.74. The number of hydrogen-bond donors (Lipinski definition) is 2. The SMILES string of the molecule is CC(C)(O)CCOc1ccc(-c2cc(COC3=C[I-]C=C4C(=C3)C[C@H]3C(C(=O)O)=C43)c(F)cc2C(F)(F)F)cc1. The summed E-state index contributed by atoms with van der Waals surface area (Å²) in [4.78, 5) is 11.3. The van der Waals surface area contributed by atoms with E-state index in [9.17, 15) is 32.6 Å². The Labute approximate surface area is 238 Å². The van der Waals surface area contributed by atoms with Gasteiger partial charge in [-0.2, -0.15) is 0 Å². The van der Waals surface area contributed by atoms with Crippen LogP contribution in [0.1, 0.15) is 37.8 Å². The zero-order chi connectivity index (χ0) is 28.8. The Morgan fingerprint density at radius 2 is 1.82 bits per heavy atom. The minimum absolute atomic E-state index is 0.0198. The molecule has 0 saturated heterocycles. The number of halogens is 5. The molecule has 0 aromatic heterocycles. The van der Waals surface area contributed by atoms with Crippen LogP contribution in [-0.4, -0.2) is 28.4 Å². The molecule has 2 aliphatic carbocycles. The van der Waals surface area contributed by atoms with Crippen molar-refractivity contribution in [3.63, 3.8) is 0 Å². The third-order valence-electron chi connectivity index (χ3n) is 6.89. The fraction of sp³-hybridized carbons (Fsp3) is 0.300. The number of carboxylic acids is 1. The van der Waals surface area contributed by atoms with Gasteiger partial charge in [0.2, 0.25) is 0 Å². The van der Waals surface area contributed by atoms with Crippen LogP contribution in [0.15, 0.2) is 78.7 Å². The number of rotatable bonds is 9. The first kappa shape index (κ1) is 28.4. The maximum absolute atomic E-state index is 14.9. The van der Waals surface area contributed by atoms with Crippen molar-refractivity contribution in [3.8, 4) is 16.9 Å². The third-order valence-corrected chi connectivity index (χ3v) is 8.84. The van der Waals surface area contributed by atoms with Gasteiger partial charge in [-0.25, -0.2) is 0 Å². The molecule has 1 heterocycles. The Kier molecular flexibility index (Phi) is 7.60. The van der Waals surface area contributed by atoms with Crippen LogP contribution in [-0.2, 0) is 22.3 Å². The summed E-state index contributed by atoms with van der Waals surface area (Å²) in [5.41, 5.74) is 1.30. The molecule has 1 atom stereocenters. The summed E-state index contributed by atoms with van der Waals surface area (Å²) >= 11 is -0.593. The fourth-order valence-electron chi connectivity index (χ4n) is 4.78. The standard InChI is InChI=1S/C30H26F4IO5/c1-29(2,38)7-8-39-19-5-3-16(4-6-19)21-11-18(25(31)12-24(21)30(32,33)34)15-40-20-9-17-10-22-26(27(22)28(36)37)23(17)14-35-13-20/h3-6,9,11-14,22,38H,7-8,10,15H2,1-2H3,(H,36,37)/q-1/t22-/m1/s1. The zero-order valence-corrected chi connectivity index (χ0v) is 23.8. The molecule has 1 fully saturated rings. The van der Waals surface area contributed by atoms with E-state index in [1.54, 1.807) is 13.8 Å². The molecule has 2 aromatic carbocycles. The summed E-state index contributed by atoms with van der Waals surface area (Å²) < 4.78 is 71.8. The molecule has 10 heteroatoms. The Balaban J connectivity index is 1.34. The third kappa shape index (κ3) is 6.12. The Bertz CT molecular complexity index is 1480. The first-order valence-corrected chi connectivity index (χ1v) is 15.0. The van der Waals surface area contributed by atoms with Gasteiger partial charge in [0, 0.05) is 6.42 Å². The first-order valence-electron chi connectivity index (χ1n) is 12.5. The summed E-state index contributed by atoms with van der Waals surface area (Å²) in [6.07, 6.45) is -2.01. The molecule has 40 heavy (non-hydrogen) atoms. The van der Waals surface area contributed by atoms with Crippen LogP contribution in [0.2, 0.25) is 0 Å². The molecule has 5 rings (SSSR count). The van der Waals surface area contributed by atoms with E-state index < -0.39 is 50.3 Å². The molecule has 2 aromatic rings. The van der Waals surface area contributed by atoms with E-state index in [0.29, 0.717) is 36.0 Å². The number of aliphatic hydroxyl groups is 1. The quantitative estimate of drug-likeness (QED) is 0.315. The number of allylic oxidation sites excluding steroid dienone is 4.